The first-order valence-electron chi connectivity index (χ1n) is 10.5. The molecule has 31 heavy (non-hydrogen) atoms. The number of piperidine rings is 2. The quantitative estimate of drug-likeness (QED) is 0.638. The Bertz CT molecular complexity index is 812. The zero-order valence-electron chi connectivity index (χ0n) is 17.5. The predicted molar refractivity (Wildman–Crippen MR) is 112 cm³/mol. The zero-order valence-corrected chi connectivity index (χ0v) is 18.3. The molecule has 3 rings (SSSR count). The Morgan fingerprint density at radius 1 is 0.871 bits per heavy atom. The molecule has 168 valence electrons. The molecule has 2 heterocycles. The van der Waals surface area contributed by atoms with Gasteiger partial charge in [0.2, 0.25) is 0 Å². The molecule has 8 nitrogen and oxygen atoms in total. The van der Waals surface area contributed by atoms with E-state index < -0.39 is 5.97 Å². The van der Waals surface area contributed by atoms with Crippen molar-refractivity contribution >= 4 is 35.4 Å². The third-order valence-electron chi connectivity index (χ3n) is 5.93. The van der Waals surface area contributed by atoms with Crippen molar-refractivity contribution in [3.8, 4) is 0 Å². The number of esters is 2. The second-order valence-corrected chi connectivity index (χ2v) is 8.30. The summed E-state index contributed by atoms with van der Waals surface area (Å²) in [7, 11) is 1.36. The van der Waals surface area contributed by atoms with Gasteiger partial charge in [-0.05, 0) is 49.9 Å². The Labute approximate surface area is 186 Å². The van der Waals surface area contributed by atoms with Gasteiger partial charge in [0.1, 0.15) is 0 Å². The first kappa shape index (κ1) is 23.1. The average molecular weight is 451 g/mol. The molecular formula is C22H27ClN2O6. The molecule has 2 saturated heterocycles. The topological polar surface area (TPSA) is 93.2 Å². The summed E-state index contributed by atoms with van der Waals surface area (Å²) in [5, 5.41) is 0.570. The van der Waals surface area contributed by atoms with Gasteiger partial charge >= 0.3 is 11.9 Å². The molecule has 0 N–H and O–H groups in total. The van der Waals surface area contributed by atoms with Gasteiger partial charge in [-0.15, -0.1) is 0 Å². The van der Waals surface area contributed by atoms with Crippen LogP contribution in [-0.2, 0) is 23.9 Å². The number of amides is 2. The maximum absolute atomic E-state index is 12.5. The molecule has 1 aromatic rings. The van der Waals surface area contributed by atoms with Crippen LogP contribution in [0.2, 0.25) is 5.02 Å². The minimum absolute atomic E-state index is 0.0889. The molecular weight excluding hydrogens is 424 g/mol. The minimum Gasteiger partial charge on any atom is -0.469 e. The van der Waals surface area contributed by atoms with E-state index in [0.29, 0.717) is 62.4 Å². The Morgan fingerprint density at radius 2 is 1.39 bits per heavy atom. The maximum atomic E-state index is 12.5. The van der Waals surface area contributed by atoms with E-state index in [0.717, 1.165) is 0 Å². The van der Waals surface area contributed by atoms with E-state index in [4.69, 9.17) is 21.1 Å². The molecule has 1 aromatic carbocycles. The molecule has 9 heteroatoms. The number of carbonyl (C=O) groups excluding carboxylic acids is 4. The summed E-state index contributed by atoms with van der Waals surface area (Å²) in [6.45, 7) is 1.50. The smallest absolute Gasteiger partial charge is 0.309 e. The molecule has 0 unspecified atom stereocenters. The fourth-order valence-electron chi connectivity index (χ4n) is 3.97. The SMILES string of the molecule is COC(=O)C1CCN(C(=O)COC(=O)C2CCN(C(=O)c3ccc(Cl)cc3)CC2)CC1. The van der Waals surface area contributed by atoms with Crippen LogP contribution < -0.4 is 0 Å². The van der Waals surface area contributed by atoms with Crippen molar-refractivity contribution in [2.24, 2.45) is 11.8 Å². The van der Waals surface area contributed by atoms with Gasteiger partial charge in [0, 0.05) is 36.8 Å². The summed E-state index contributed by atoms with van der Waals surface area (Å²) in [5.74, 6) is -1.51. The van der Waals surface area contributed by atoms with Crippen LogP contribution in [0.25, 0.3) is 0 Å². The number of likely N-dealkylation sites (tertiary alicyclic amines) is 2. The van der Waals surface area contributed by atoms with Crippen LogP contribution in [0.1, 0.15) is 36.0 Å². The molecule has 2 aliphatic rings. The molecule has 0 bridgehead atoms. The fourth-order valence-corrected chi connectivity index (χ4v) is 4.09. The molecule has 0 radical (unpaired) electrons. The van der Waals surface area contributed by atoms with Crippen LogP contribution >= 0.6 is 11.6 Å². The molecule has 2 fully saturated rings. The highest BCUT2D eigenvalue weighted by atomic mass is 35.5. The van der Waals surface area contributed by atoms with Gasteiger partial charge in [-0.3, -0.25) is 19.2 Å². The number of carbonyl (C=O) groups is 4. The highest BCUT2D eigenvalue weighted by Crippen LogP contribution is 2.22. The van der Waals surface area contributed by atoms with Gasteiger partial charge in [0.15, 0.2) is 6.61 Å². The molecule has 0 aliphatic carbocycles. The van der Waals surface area contributed by atoms with E-state index in [1.807, 2.05) is 0 Å². The Kier molecular flexibility index (Phi) is 7.90. The first-order valence-corrected chi connectivity index (χ1v) is 10.8. The van der Waals surface area contributed by atoms with E-state index in [1.54, 1.807) is 34.1 Å². The summed E-state index contributed by atoms with van der Waals surface area (Å²) in [6, 6.07) is 6.72. The maximum Gasteiger partial charge on any atom is 0.309 e. The summed E-state index contributed by atoms with van der Waals surface area (Å²) in [4.78, 5) is 52.1. The summed E-state index contributed by atoms with van der Waals surface area (Å²) in [6.07, 6.45) is 2.09. The molecule has 2 amide bonds. The van der Waals surface area contributed by atoms with E-state index in [-0.39, 0.29) is 36.2 Å². The van der Waals surface area contributed by atoms with Crippen molar-refractivity contribution in [1.29, 1.82) is 0 Å². The number of hydrogen-bond acceptors (Lipinski definition) is 6. The average Bonchev–Trinajstić information content (AvgIpc) is 2.82. The summed E-state index contributed by atoms with van der Waals surface area (Å²) in [5.41, 5.74) is 0.562. The Hall–Kier alpha value is -2.61. The van der Waals surface area contributed by atoms with Gasteiger partial charge in [0.05, 0.1) is 18.9 Å². The van der Waals surface area contributed by atoms with Crippen LogP contribution in [0.5, 0.6) is 0 Å². The number of hydrogen-bond donors (Lipinski definition) is 0. The largest absolute Gasteiger partial charge is 0.469 e. The van der Waals surface area contributed by atoms with Crippen molar-refractivity contribution in [3.63, 3.8) is 0 Å². The minimum atomic E-state index is -0.406. The normalized spacial score (nSPS) is 17.9. The number of methoxy groups -OCH3 is 1. The van der Waals surface area contributed by atoms with Gasteiger partial charge in [-0.25, -0.2) is 0 Å². The lowest BCUT2D eigenvalue weighted by atomic mass is 9.96. The number of nitrogens with zero attached hydrogens (tertiary/aromatic N) is 2. The third-order valence-corrected chi connectivity index (χ3v) is 6.18. The van der Waals surface area contributed by atoms with Crippen molar-refractivity contribution < 1.29 is 28.7 Å². The predicted octanol–water partition coefficient (Wildman–Crippen LogP) is 2.15. The second kappa shape index (κ2) is 10.6. The number of ether oxygens (including phenoxy) is 2. The summed E-state index contributed by atoms with van der Waals surface area (Å²) < 4.78 is 9.99. The number of rotatable bonds is 5. The highest BCUT2D eigenvalue weighted by molar-refractivity contribution is 6.30. The molecule has 0 spiro atoms. The van der Waals surface area contributed by atoms with Gasteiger partial charge in [0.25, 0.3) is 11.8 Å². The van der Waals surface area contributed by atoms with Crippen molar-refractivity contribution in [1.82, 2.24) is 9.80 Å². The van der Waals surface area contributed by atoms with Crippen LogP contribution in [0.15, 0.2) is 24.3 Å². The van der Waals surface area contributed by atoms with Gasteiger partial charge < -0.3 is 19.3 Å². The molecule has 0 aromatic heterocycles. The standard InChI is InChI=1S/C22H27ClN2O6/c1-30-21(28)16-6-10-24(11-7-16)19(26)14-31-22(29)17-8-12-25(13-9-17)20(27)15-2-4-18(23)5-3-15/h2-5,16-17H,6-14H2,1H3. The van der Waals surface area contributed by atoms with Crippen molar-refractivity contribution in [3.05, 3.63) is 34.9 Å². The van der Waals surface area contributed by atoms with Crippen LogP contribution in [-0.4, -0.2) is 73.4 Å². The second-order valence-electron chi connectivity index (χ2n) is 7.86. The van der Waals surface area contributed by atoms with Gasteiger partial charge in [-0.2, -0.15) is 0 Å². The van der Waals surface area contributed by atoms with Crippen molar-refractivity contribution in [2.75, 3.05) is 39.9 Å². The Balaban J connectivity index is 1.39. The van der Waals surface area contributed by atoms with E-state index in [1.165, 1.54) is 7.11 Å². The van der Waals surface area contributed by atoms with Gasteiger partial charge in [-0.1, -0.05) is 11.6 Å². The molecule has 2 aliphatic heterocycles. The van der Waals surface area contributed by atoms with Crippen molar-refractivity contribution in [2.45, 2.75) is 25.7 Å². The summed E-state index contributed by atoms with van der Waals surface area (Å²) >= 11 is 5.86. The first-order chi connectivity index (χ1) is 14.9. The van der Waals surface area contributed by atoms with E-state index >= 15 is 0 Å². The van der Waals surface area contributed by atoms with E-state index in [2.05, 4.69) is 0 Å². The fraction of sp³-hybridized carbons (Fsp3) is 0.545. The lowest BCUT2D eigenvalue weighted by molar-refractivity contribution is -0.157. The van der Waals surface area contributed by atoms with Crippen LogP contribution in [0, 0.1) is 11.8 Å². The Morgan fingerprint density at radius 3 is 1.94 bits per heavy atom. The number of benzene rings is 1. The van der Waals surface area contributed by atoms with E-state index in [9.17, 15) is 19.2 Å². The highest BCUT2D eigenvalue weighted by Gasteiger charge is 2.31. The number of halogens is 1. The molecule has 0 saturated carbocycles. The molecule has 0 atom stereocenters. The van der Waals surface area contributed by atoms with Crippen LogP contribution in [0.4, 0.5) is 0 Å². The van der Waals surface area contributed by atoms with Crippen LogP contribution in [0.3, 0.4) is 0 Å². The lowest BCUT2D eigenvalue weighted by Gasteiger charge is -2.32. The zero-order chi connectivity index (χ0) is 22.4. The third kappa shape index (κ3) is 5.97. The monoisotopic (exact) mass is 450 g/mol. The lowest BCUT2D eigenvalue weighted by Crippen LogP contribution is -2.43.